The van der Waals surface area contributed by atoms with E-state index in [1.165, 1.54) is 29.4 Å². The largest absolute Gasteiger partial charge is 0.340 e. The lowest BCUT2D eigenvalue weighted by molar-refractivity contribution is -0.140. The first-order chi connectivity index (χ1) is 10.5. The molecule has 1 heterocycles. The number of carbonyl (C=O) groups excluding carboxylic acids is 1. The van der Waals surface area contributed by atoms with Gasteiger partial charge in [0.05, 0.1) is 4.90 Å². The predicted molar refractivity (Wildman–Crippen MR) is 85.9 cm³/mol. The molecule has 1 amide bonds. The summed E-state index contributed by atoms with van der Waals surface area (Å²) in [5, 5.41) is 0. The van der Waals surface area contributed by atoms with E-state index < -0.39 is 21.3 Å². The van der Waals surface area contributed by atoms with Gasteiger partial charge in [0.15, 0.2) is 0 Å². The van der Waals surface area contributed by atoms with Gasteiger partial charge in [-0.25, -0.2) is 12.8 Å². The molecular formula is C16H23FN2O3S. The SMILES string of the molecule is Cc1cc(S(=O)(=O)N2CCN(C(=O)C(C)(C)C)CC2)ccc1F. The van der Waals surface area contributed by atoms with E-state index in [4.69, 9.17) is 0 Å². The zero-order chi connectivity index (χ0) is 17.4. The van der Waals surface area contributed by atoms with Gasteiger partial charge in [-0.1, -0.05) is 20.8 Å². The standard InChI is InChI=1S/C16H23FN2O3S/c1-12-11-13(5-6-14(12)17)23(21,22)19-9-7-18(8-10-19)15(20)16(2,3)4/h5-6,11H,7-10H2,1-4H3. The Morgan fingerprint density at radius 2 is 1.70 bits per heavy atom. The van der Waals surface area contributed by atoms with Crippen molar-refractivity contribution in [1.29, 1.82) is 0 Å². The fraction of sp³-hybridized carbons (Fsp3) is 0.562. The average Bonchev–Trinajstić information content (AvgIpc) is 2.48. The lowest BCUT2D eigenvalue weighted by Crippen LogP contribution is -2.52. The Labute approximate surface area is 137 Å². The van der Waals surface area contributed by atoms with Gasteiger partial charge in [0, 0.05) is 31.6 Å². The fourth-order valence-electron chi connectivity index (χ4n) is 2.53. The molecule has 0 aromatic heterocycles. The van der Waals surface area contributed by atoms with Crippen molar-refractivity contribution in [2.24, 2.45) is 5.41 Å². The molecule has 1 aromatic rings. The van der Waals surface area contributed by atoms with Gasteiger partial charge in [-0.2, -0.15) is 4.31 Å². The van der Waals surface area contributed by atoms with Crippen molar-refractivity contribution >= 4 is 15.9 Å². The summed E-state index contributed by atoms with van der Waals surface area (Å²) >= 11 is 0. The minimum Gasteiger partial charge on any atom is -0.340 e. The number of carbonyl (C=O) groups is 1. The number of halogens is 1. The van der Waals surface area contributed by atoms with E-state index in [9.17, 15) is 17.6 Å². The smallest absolute Gasteiger partial charge is 0.243 e. The number of rotatable bonds is 2. The van der Waals surface area contributed by atoms with Gasteiger partial charge in [-0.15, -0.1) is 0 Å². The fourth-order valence-corrected chi connectivity index (χ4v) is 4.04. The molecule has 1 aliphatic rings. The van der Waals surface area contributed by atoms with Crippen LogP contribution in [0.5, 0.6) is 0 Å². The highest BCUT2D eigenvalue weighted by molar-refractivity contribution is 7.89. The van der Waals surface area contributed by atoms with Gasteiger partial charge in [0.25, 0.3) is 0 Å². The summed E-state index contributed by atoms with van der Waals surface area (Å²) in [5.41, 5.74) is -0.178. The predicted octanol–water partition coefficient (Wildman–Crippen LogP) is 2.01. The number of aryl methyl sites for hydroxylation is 1. The van der Waals surface area contributed by atoms with E-state index in [0.29, 0.717) is 18.7 Å². The Balaban J connectivity index is 2.12. The summed E-state index contributed by atoms with van der Waals surface area (Å²) in [6.07, 6.45) is 0. The third kappa shape index (κ3) is 3.72. The van der Waals surface area contributed by atoms with Crippen LogP contribution in [0.1, 0.15) is 26.3 Å². The Kier molecular flexibility index (Phi) is 4.82. The molecule has 1 fully saturated rings. The van der Waals surface area contributed by atoms with Crippen LogP contribution in [-0.2, 0) is 14.8 Å². The van der Waals surface area contributed by atoms with Crippen molar-refractivity contribution in [2.75, 3.05) is 26.2 Å². The number of nitrogens with zero attached hydrogens (tertiary/aromatic N) is 2. The Morgan fingerprint density at radius 3 is 2.17 bits per heavy atom. The molecule has 0 radical (unpaired) electrons. The molecule has 0 atom stereocenters. The van der Waals surface area contributed by atoms with Crippen LogP contribution in [0.4, 0.5) is 4.39 Å². The number of hydrogen-bond donors (Lipinski definition) is 0. The second kappa shape index (κ2) is 6.20. The second-order valence-corrected chi connectivity index (χ2v) is 8.80. The molecule has 0 aliphatic carbocycles. The Morgan fingerprint density at radius 1 is 1.13 bits per heavy atom. The summed E-state index contributed by atoms with van der Waals surface area (Å²) in [4.78, 5) is 14.0. The van der Waals surface area contributed by atoms with E-state index in [0.717, 1.165) is 0 Å². The molecule has 5 nitrogen and oxygen atoms in total. The number of amides is 1. The highest BCUT2D eigenvalue weighted by Crippen LogP contribution is 2.22. The van der Waals surface area contributed by atoms with Gasteiger partial charge >= 0.3 is 0 Å². The monoisotopic (exact) mass is 342 g/mol. The molecule has 2 rings (SSSR count). The van der Waals surface area contributed by atoms with Crippen LogP contribution in [0, 0.1) is 18.2 Å². The maximum absolute atomic E-state index is 13.3. The van der Waals surface area contributed by atoms with Gasteiger partial charge in [0.1, 0.15) is 5.82 Å². The third-order valence-electron chi connectivity index (χ3n) is 3.93. The van der Waals surface area contributed by atoms with Gasteiger partial charge in [-0.3, -0.25) is 4.79 Å². The molecule has 0 spiro atoms. The molecule has 1 aliphatic heterocycles. The zero-order valence-corrected chi connectivity index (χ0v) is 14.8. The number of hydrogen-bond acceptors (Lipinski definition) is 3. The van der Waals surface area contributed by atoms with Crippen molar-refractivity contribution in [3.63, 3.8) is 0 Å². The van der Waals surface area contributed by atoms with Gasteiger partial charge in [-0.05, 0) is 30.7 Å². The van der Waals surface area contributed by atoms with Crippen LogP contribution in [-0.4, -0.2) is 49.7 Å². The molecule has 0 unspecified atom stereocenters. The average molecular weight is 342 g/mol. The molecule has 0 saturated carbocycles. The quantitative estimate of drug-likeness (QED) is 0.826. The van der Waals surface area contributed by atoms with Crippen LogP contribution in [0.2, 0.25) is 0 Å². The van der Waals surface area contributed by atoms with E-state index in [2.05, 4.69) is 0 Å². The van der Waals surface area contributed by atoms with E-state index in [-0.39, 0.29) is 23.9 Å². The third-order valence-corrected chi connectivity index (χ3v) is 5.83. The molecular weight excluding hydrogens is 319 g/mol. The highest BCUT2D eigenvalue weighted by atomic mass is 32.2. The topological polar surface area (TPSA) is 57.7 Å². The maximum atomic E-state index is 13.3. The normalized spacial score (nSPS) is 17.3. The van der Waals surface area contributed by atoms with Crippen LogP contribution >= 0.6 is 0 Å². The first-order valence-electron chi connectivity index (χ1n) is 7.59. The minimum atomic E-state index is -3.66. The highest BCUT2D eigenvalue weighted by Gasteiger charge is 2.33. The molecule has 7 heteroatoms. The summed E-state index contributed by atoms with van der Waals surface area (Å²) in [5.74, 6) is -0.406. The molecule has 0 bridgehead atoms. The van der Waals surface area contributed by atoms with Crippen molar-refractivity contribution in [2.45, 2.75) is 32.6 Å². The summed E-state index contributed by atoms with van der Waals surface area (Å²) in [6.45, 7) is 8.32. The van der Waals surface area contributed by atoms with E-state index in [1.807, 2.05) is 20.8 Å². The van der Waals surface area contributed by atoms with E-state index >= 15 is 0 Å². The molecule has 128 valence electrons. The first kappa shape index (κ1) is 17.9. The van der Waals surface area contributed by atoms with Gasteiger partial charge < -0.3 is 4.90 Å². The zero-order valence-electron chi connectivity index (χ0n) is 14.0. The second-order valence-electron chi connectivity index (χ2n) is 6.86. The lowest BCUT2D eigenvalue weighted by atomic mass is 9.94. The van der Waals surface area contributed by atoms with Crippen LogP contribution in [0.3, 0.4) is 0 Å². The van der Waals surface area contributed by atoms with Gasteiger partial charge in [0.2, 0.25) is 15.9 Å². The number of sulfonamides is 1. The summed E-state index contributed by atoms with van der Waals surface area (Å²) in [7, 11) is -3.66. The Bertz CT molecular complexity index is 703. The minimum absolute atomic E-state index is 0.0205. The van der Waals surface area contributed by atoms with Crippen molar-refractivity contribution in [3.05, 3.63) is 29.6 Å². The number of piperazine rings is 1. The molecule has 23 heavy (non-hydrogen) atoms. The number of benzene rings is 1. The van der Waals surface area contributed by atoms with Crippen molar-refractivity contribution < 1.29 is 17.6 Å². The van der Waals surface area contributed by atoms with Crippen LogP contribution in [0.15, 0.2) is 23.1 Å². The van der Waals surface area contributed by atoms with Crippen molar-refractivity contribution in [3.8, 4) is 0 Å². The summed E-state index contributed by atoms with van der Waals surface area (Å²) < 4.78 is 39.9. The molecule has 1 saturated heterocycles. The molecule has 1 aromatic carbocycles. The maximum Gasteiger partial charge on any atom is 0.243 e. The summed E-state index contributed by atoms with van der Waals surface area (Å²) in [6, 6.07) is 3.79. The Hall–Kier alpha value is -1.47. The lowest BCUT2D eigenvalue weighted by Gasteiger charge is -2.37. The van der Waals surface area contributed by atoms with Crippen molar-refractivity contribution in [1.82, 2.24) is 9.21 Å². The van der Waals surface area contributed by atoms with Crippen LogP contribution in [0.25, 0.3) is 0 Å². The molecule has 0 N–H and O–H groups in total. The van der Waals surface area contributed by atoms with E-state index in [1.54, 1.807) is 4.90 Å². The van der Waals surface area contributed by atoms with Crippen LogP contribution < -0.4 is 0 Å². The first-order valence-corrected chi connectivity index (χ1v) is 9.03.